The van der Waals surface area contributed by atoms with Crippen LogP contribution in [0.2, 0.25) is 5.02 Å². The quantitative estimate of drug-likeness (QED) is 0.849. The van der Waals surface area contributed by atoms with Crippen LogP contribution in [0.3, 0.4) is 0 Å². The number of halogens is 2. The SMILES string of the molecule is C#CCN1C(=O)N=C(N)C1c1ccc(Br)c(Cl)c1. The van der Waals surface area contributed by atoms with Crippen LogP contribution >= 0.6 is 27.5 Å². The van der Waals surface area contributed by atoms with Crippen LogP contribution in [-0.4, -0.2) is 23.3 Å². The van der Waals surface area contributed by atoms with Gasteiger partial charge in [-0.2, -0.15) is 4.99 Å². The van der Waals surface area contributed by atoms with E-state index >= 15 is 0 Å². The molecule has 0 spiro atoms. The van der Waals surface area contributed by atoms with Crippen LogP contribution in [-0.2, 0) is 0 Å². The summed E-state index contributed by atoms with van der Waals surface area (Å²) in [5.41, 5.74) is 6.56. The number of nitrogens with two attached hydrogens (primary N) is 1. The van der Waals surface area contributed by atoms with Gasteiger partial charge in [0.05, 0.1) is 11.6 Å². The Bertz CT molecular complexity index is 579. The standard InChI is InChI=1S/C12H9BrClN3O/c1-2-5-17-10(11(15)16-12(17)18)7-3-4-8(13)9(14)6-7/h1,3-4,6,10H,5H2,(H2,15,16,18). The predicted molar refractivity (Wildman–Crippen MR) is 74.5 cm³/mol. The predicted octanol–water partition coefficient (Wildman–Crippen LogP) is 2.57. The van der Waals surface area contributed by atoms with Gasteiger partial charge in [-0.25, -0.2) is 4.79 Å². The van der Waals surface area contributed by atoms with E-state index in [0.29, 0.717) is 5.02 Å². The number of nitrogens with zero attached hydrogens (tertiary/aromatic N) is 2. The Morgan fingerprint density at radius 2 is 2.33 bits per heavy atom. The molecular formula is C12H9BrClN3O. The summed E-state index contributed by atoms with van der Waals surface area (Å²) in [7, 11) is 0. The Morgan fingerprint density at radius 3 is 2.94 bits per heavy atom. The fraction of sp³-hybridized carbons (Fsp3) is 0.167. The zero-order valence-corrected chi connectivity index (χ0v) is 11.6. The third-order valence-electron chi connectivity index (χ3n) is 2.58. The van der Waals surface area contributed by atoms with Crippen molar-refractivity contribution in [3.8, 4) is 12.3 Å². The molecule has 18 heavy (non-hydrogen) atoms. The molecule has 1 aliphatic rings. The fourth-order valence-electron chi connectivity index (χ4n) is 1.80. The maximum absolute atomic E-state index is 11.6. The van der Waals surface area contributed by atoms with Crippen molar-refractivity contribution in [2.45, 2.75) is 6.04 Å². The largest absolute Gasteiger partial charge is 0.385 e. The first-order valence-corrected chi connectivity index (χ1v) is 6.24. The molecule has 0 aliphatic carbocycles. The van der Waals surface area contributed by atoms with Gasteiger partial charge in [0.15, 0.2) is 0 Å². The maximum Gasteiger partial charge on any atom is 0.346 e. The third kappa shape index (κ3) is 2.22. The first kappa shape index (κ1) is 12.9. The molecule has 1 heterocycles. The van der Waals surface area contributed by atoms with E-state index in [0.717, 1.165) is 10.0 Å². The summed E-state index contributed by atoms with van der Waals surface area (Å²) < 4.78 is 0.774. The lowest BCUT2D eigenvalue weighted by Gasteiger charge is -2.22. The highest BCUT2D eigenvalue weighted by Crippen LogP contribution is 2.31. The average molecular weight is 327 g/mol. The number of carbonyl (C=O) groups is 1. The molecule has 2 rings (SSSR count). The zero-order valence-electron chi connectivity index (χ0n) is 9.23. The summed E-state index contributed by atoms with van der Waals surface area (Å²) in [4.78, 5) is 16.8. The molecule has 2 N–H and O–H groups in total. The fourth-order valence-corrected chi connectivity index (χ4v) is 2.23. The normalized spacial score (nSPS) is 18.7. The first-order valence-electron chi connectivity index (χ1n) is 5.07. The third-order valence-corrected chi connectivity index (χ3v) is 3.82. The highest BCUT2D eigenvalue weighted by molar-refractivity contribution is 9.10. The van der Waals surface area contributed by atoms with Gasteiger partial charge in [0.1, 0.15) is 11.9 Å². The van der Waals surface area contributed by atoms with E-state index in [1.165, 1.54) is 4.90 Å². The molecule has 92 valence electrons. The van der Waals surface area contributed by atoms with Crippen LogP contribution in [0, 0.1) is 12.3 Å². The number of urea groups is 1. The maximum atomic E-state index is 11.6. The molecule has 0 radical (unpaired) electrons. The number of rotatable bonds is 2. The number of amidine groups is 1. The zero-order chi connectivity index (χ0) is 13.3. The lowest BCUT2D eigenvalue weighted by Crippen LogP contribution is -2.33. The van der Waals surface area contributed by atoms with Crippen molar-refractivity contribution < 1.29 is 4.79 Å². The van der Waals surface area contributed by atoms with E-state index in [4.69, 9.17) is 23.8 Å². The molecule has 4 nitrogen and oxygen atoms in total. The molecule has 1 aromatic carbocycles. The number of hydrogen-bond donors (Lipinski definition) is 1. The Kier molecular flexibility index (Phi) is 3.60. The van der Waals surface area contributed by atoms with Gasteiger partial charge in [-0.15, -0.1) is 6.42 Å². The number of amides is 2. The lowest BCUT2D eigenvalue weighted by molar-refractivity contribution is 0.213. The number of aliphatic imine (C=N–C) groups is 1. The minimum absolute atomic E-state index is 0.154. The summed E-state index contributed by atoms with van der Waals surface area (Å²) in [6, 6.07) is 4.49. The van der Waals surface area contributed by atoms with E-state index in [-0.39, 0.29) is 12.4 Å². The van der Waals surface area contributed by atoms with E-state index in [9.17, 15) is 4.79 Å². The van der Waals surface area contributed by atoms with Crippen molar-refractivity contribution in [3.05, 3.63) is 33.3 Å². The monoisotopic (exact) mass is 325 g/mol. The molecule has 0 saturated heterocycles. The lowest BCUT2D eigenvalue weighted by atomic mass is 10.1. The minimum Gasteiger partial charge on any atom is -0.385 e. The van der Waals surface area contributed by atoms with Gasteiger partial charge in [-0.05, 0) is 33.6 Å². The molecule has 1 unspecified atom stereocenters. The highest BCUT2D eigenvalue weighted by atomic mass is 79.9. The number of carbonyl (C=O) groups excluding carboxylic acids is 1. The number of hydrogen-bond acceptors (Lipinski definition) is 2. The molecular weight excluding hydrogens is 318 g/mol. The second-order valence-electron chi connectivity index (χ2n) is 3.73. The Balaban J connectivity index is 2.41. The van der Waals surface area contributed by atoms with Gasteiger partial charge in [0, 0.05) is 4.47 Å². The minimum atomic E-state index is -0.445. The summed E-state index contributed by atoms with van der Waals surface area (Å²) in [6.45, 7) is 0.154. The summed E-state index contributed by atoms with van der Waals surface area (Å²) in [5, 5.41) is 0.542. The molecule has 1 aromatic rings. The Hall–Kier alpha value is -1.51. The van der Waals surface area contributed by atoms with Crippen molar-refractivity contribution in [2.24, 2.45) is 10.7 Å². The van der Waals surface area contributed by atoms with Crippen LogP contribution in [0.4, 0.5) is 4.79 Å². The van der Waals surface area contributed by atoms with E-state index < -0.39 is 12.1 Å². The molecule has 6 heteroatoms. The topological polar surface area (TPSA) is 58.7 Å². The first-order chi connectivity index (χ1) is 8.54. The Labute approximate surface area is 118 Å². The smallest absolute Gasteiger partial charge is 0.346 e. The van der Waals surface area contributed by atoms with Gasteiger partial charge >= 0.3 is 6.03 Å². The van der Waals surface area contributed by atoms with Gasteiger partial charge in [0.2, 0.25) is 0 Å². The number of terminal acetylenes is 1. The molecule has 0 aromatic heterocycles. The van der Waals surface area contributed by atoms with Crippen LogP contribution in [0.1, 0.15) is 11.6 Å². The van der Waals surface area contributed by atoms with Crippen LogP contribution in [0.5, 0.6) is 0 Å². The molecule has 1 atom stereocenters. The van der Waals surface area contributed by atoms with Gasteiger partial charge in [-0.1, -0.05) is 23.6 Å². The van der Waals surface area contributed by atoms with E-state index in [1.807, 2.05) is 6.07 Å². The molecule has 0 saturated carbocycles. The molecule has 1 aliphatic heterocycles. The van der Waals surface area contributed by atoms with Crippen molar-refractivity contribution in [2.75, 3.05) is 6.54 Å². The van der Waals surface area contributed by atoms with Gasteiger partial charge < -0.3 is 5.73 Å². The van der Waals surface area contributed by atoms with Crippen molar-refractivity contribution in [1.82, 2.24) is 4.90 Å². The summed E-state index contributed by atoms with van der Waals surface area (Å²) >= 11 is 9.33. The van der Waals surface area contributed by atoms with Crippen molar-refractivity contribution in [3.63, 3.8) is 0 Å². The highest BCUT2D eigenvalue weighted by Gasteiger charge is 2.34. The van der Waals surface area contributed by atoms with Crippen LogP contribution in [0.15, 0.2) is 27.7 Å². The second kappa shape index (κ2) is 5.01. The van der Waals surface area contributed by atoms with Crippen LogP contribution < -0.4 is 5.73 Å². The van der Waals surface area contributed by atoms with Crippen LogP contribution in [0.25, 0.3) is 0 Å². The second-order valence-corrected chi connectivity index (χ2v) is 4.99. The summed E-state index contributed by atoms with van der Waals surface area (Å²) in [6.07, 6.45) is 5.24. The molecule has 0 fully saturated rings. The van der Waals surface area contributed by atoms with Crippen molar-refractivity contribution >= 4 is 39.4 Å². The van der Waals surface area contributed by atoms with Gasteiger partial charge in [-0.3, -0.25) is 4.90 Å². The average Bonchev–Trinajstić information content (AvgIpc) is 2.59. The van der Waals surface area contributed by atoms with Gasteiger partial charge in [0.25, 0.3) is 0 Å². The molecule has 0 bridgehead atoms. The molecule has 2 amide bonds. The number of benzene rings is 1. The van der Waals surface area contributed by atoms with Crippen molar-refractivity contribution in [1.29, 1.82) is 0 Å². The van der Waals surface area contributed by atoms with E-state index in [1.54, 1.807) is 12.1 Å². The van der Waals surface area contributed by atoms with E-state index in [2.05, 4.69) is 26.8 Å². The summed E-state index contributed by atoms with van der Waals surface area (Å²) in [5.74, 6) is 2.65. The Morgan fingerprint density at radius 1 is 1.61 bits per heavy atom.